The summed E-state index contributed by atoms with van der Waals surface area (Å²) < 4.78 is 10.9. The third-order valence-corrected chi connectivity index (χ3v) is 4.13. The van der Waals surface area contributed by atoms with E-state index in [9.17, 15) is 9.59 Å². The summed E-state index contributed by atoms with van der Waals surface area (Å²) in [7, 11) is 1.32. The first kappa shape index (κ1) is 14.3. The zero-order chi connectivity index (χ0) is 14.0. The lowest BCUT2D eigenvalue weighted by Gasteiger charge is -2.25. The van der Waals surface area contributed by atoms with Gasteiger partial charge in [0.1, 0.15) is 5.75 Å². The van der Waals surface area contributed by atoms with Crippen LogP contribution in [0.2, 0.25) is 5.02 Å². The van der Waals surface area contributed by atoms with Gasteiger partial charge in [0.2, 0.25) is 0 Å². The number of hydrogen-bond acceptors (Lipinski definition) is 4. The third kappa shape index (κ3) is 3.28. The molecule has 0 saturated heterocycles. The second-order valence-electron chi connectivity index (χ2n) is 4.24. The maximum Gasteiger partial charge on any atom is 0.305 e. The number of carbonyl (C=O) groups excluding carboxylic acids is 2. The standard InChI is InChI=1S/C13H12BrClO4/c1-18-13(17)3-2-11-10(16)5-7-4-8(14)9(15)6-12(7)19-11/h4,6,11H,2-3,5H2,1H3/t11-/m0/s1. The predicted octanol–water partition coefficient (Wildman–Crippen LogP) is 2.93. The summed E-state index contributed by atoms with van der Waals surface area (Å²) >= 11 is 9.30. The molecule has 1 aliphatic heterocycles. The number of fused-ring (bicyclic) bond motifs is 1. The molecule has 1 aliphatic rings. The molecule has 0 aromatic heterocycles. The number of carbonyl (C=O) groups is 2. The van der Waals surface area contributed by atoms with Gasteiger partial charge in [0.15, 0.2) is 11.9 Å². The Balaban J connectivity index is 2.12. The Kier molecular flexibility index (Phi) is 4.47. The molecule has 0 N–H and O–H groups in total. The van der Waals surface area contributed by atoms with Crippen molar-refractivity contribution >= 4 is 39.3 Å². The first-order valence-electron chi connectivity index (χ1n) is 5.75. The molecule has 2 rings (SSSR count). The number of benzene rings is 1. The van der Waals surface area contributed by atoms with Gasteiger partial charge in [0, 0.05) is 35.4 Å². The highest BCUT2D eigenvalue weighted by atomic mass is 79.9. The van der Waals surface area contributed by atoms with E-state index in [1.165, 1.54) is 7.11 Å². The second kappa shape index (κ2) is 5.92. The van der Waals surface area contributed by atoms with Crippen LogP contribution in [0.3, 0.4) is 0 Å². The van der Waals surface area contributed by atoms with E-state index < -0.39 is 6.10 Å². The zero-order valence-corrected chi connectivity index (χ0v) is 12.6. The van der Waals surface area contributed by atoms with Gasteiger partial charge >= 0.3 is 5.97 Å². The molecule has 1 atom stereocenters. The van der Waals surface area contributed by atoms with Gasteiger partial charge in [-0.2, -0.15) is 0 Å². The third-order valence-electron chi connectivity index (χ3n) is 2.93. The lowest BCUT2D eigenvalue weighted by Crippen LogP contribution is -2.33. The minimum Gasteiger partial charge on any atom is -0.482 e. The van der Waals surface area contributed by atoms with Crippen molar-refractivity contribution in [1.29, 1.82) is 0 Å². The topological polar surface area (TPSA) is 52.6 Å². The van der Waals surface area contributed by atoms with Crippen LogP contribution < -0.4 is 4.74 Å². The molecule has 0 amide bonds. The smallest absolute Gasteiger partial charge is 0.305 e. The van der Waals surface area contributed by atoms with Crippen LogP contribution in [-0.2, 0) is 20.7 Å². The summed E-state index contributed by atoms with van der Waals surface area (Å²) in [5.41, 5.74) is 0.801. The Morgan fingerprint density at radius 2 is 2.32 bits per heavy atom. The summed E-state index contributed by atoms with van der Waals surface area (Å²) in [5, 5.41) is 0.528. The SMILES string of the molecule is COC(=O)CC[C@@H]1Oc2cc(Cl)c(Br)cc2CC1=O. The molecule has 1 aromatic rings. The average molecular weight is 348 g/mol. The van der Waals surface area contributed by atoms with Gasteiger partial charge in [0.05, 0.1) is 12.1 Å². The van der Waals surface area contributed by atoms with Crippen LogP contribution in [0.15, 0.2) is 16.6 Å². The molecule has 102 valence electrons. The van der Waals surface area contributed by atoms with Crippen molar-refractivity contribution in [2.45, 2.75) is 25.4 Å². The molecule has 0 saturated carbocycles. The summed E-state index contributed by atoms with van der Waals surface area (Å²) in [6.45, 7) is 0. The van der Waals surface area contributed by atoms with Crippen molar-refractivity contribution in [3.8, 4) is 5.75 Å². The lowest BCUT2D eigenvalue weighted by atomic mass is 9.98. The van der Waals surface area contributed by atoms with E-state index in [1.54, 1.807) is 12.1 Å². The van der Waals surface area contributed by atoms with Crippen molar-refractivity contribution < 1.29 is 19.1 Å². The van der Waals surface area contributed by atoms with Crippen molar-refractivity contribution in [2.75, 3.05) is 7.11 Å². The number of Topliss-reactive ketones (excluding diaryl/α,β-unsaturated/α-hetero) is 1. The number of ether oxygens (including phenoxy) is 2. The van der Waals surface area contributed by atoms with Crippen LogP contribution in [0.5, 0.6) is 5.75 Å². The minimum absolute atomic E-state index is 0.0365. The van der Waals surface area contributed by atoms with Gasteiger partial charge in [-0.25, -0.2) is 0 Å². The monoisotopic (exact) mass is 346 g/mol. The second-order valence-corrected chi connectivity index (χ2v) is 5.50. The fourth-order valence-corrected chi connectivity index (χ4v) is 2.45. The Morgan fingerprint density at radius 1 is 1.58 bits per heavy atom. The Hall–Kier alpha value is -1.07. The molecule has 1 aromatic carbocycles. The Labute approximate surface area is 124 Å². The summed E-state index contributed by atoms with van der Waals surface area (Å²) in [4.78, 5) is 23.0. The van der Waals surface area contributed by atoms with E-state index in [1.807, 2.05) is 0 Å². The van der Waals surface area contributed by atoms with Crippen LogP contribution in [0, 0.1) is 0 Å². The van der Waals surface area contributed by atoms with Gasteiger partial charge in [-0.3, -0.25) is 9.59 Å². The van der Waals surface area contributed by atoms with E-state index in [4.69, 9.17) is 16.3 Å². The normalized spacial score (nSPS) is 17.6. The molecule has 4 nitrogen and oxygen atoms in total. The number of methoxy groups -OCH3 is 1. The van der Waals surface area contributed by atoms with Crippen molar-refractivity contribution in [3.63, 3.8) is 0 Å². The summed E-state index contributed by atoms with van der Waals surface area (Å²) in [5.74, 6) is 0.212. The molecule has 0 aliphatic carbocycles. The average Bonchev–Trinajstić information content (AvgIpc) is 2.38. The number of ketones is 1. The lowest BCUT2D eigenvalue weighted by molar-refractivity contribution is -0.141. The van der Waals surface area contributed by atoms with E-state index in [2.05, 4.69) is 20.7 Å². The fraction of sp³-hybridized carbons (Fsp3) is 0.385. The van der Waals surface area contributed by atoms with Gasteiger partial charge in [-0.15, -0.1) is 0 Å². The summed E-state index contributed by atoms with van der Waals surface area (Å²) in [6.07, 6.45) is 0.158. The van der Waals surface area contributed by atoms with Gasteiger partial charge < -0.3 is 9.47 Å². The van der Waals surface area contributed by atoms with Crippen LogP contribution in [0.4, 0.5) is 0 Å². The van der Waals surface area contributed by atoms with Crippen LogP contribution in [-0.4, -0.2) is 25.0 Å². The van der Waals surface area contributed by atoms with E-state index in [-0.39, 0.29) is 24.6 Å². The quantitative estimate of drug-likeness (QED) is 0.789. The number of rotatable bonds is 3. The highest BCUT2D eigenvalue weighted by Gasteiger charge is 2.28. The zero-order valence-electron chi connectivity index (χ0n) is 10.2. The number of halogens is 2. The highest BCUT2D eigenvalue weighted by molar-refractivity contribution is 9.10. The first-order chi connectivity index (χ1) is 9.01. The molecule has 19 heavy (non-hydrogen) atoms. The number of hydrogen-bond donors (Lipinski definition) is 0. The molecule has 0 radical (unpaired) electrons. The van der Waals surface area contributed by atoms with Crippen LogP contribution in [0.25, 0.3) is 0 Å². The largest absolute Gasteiger partial charge is 0.482 e. The first-order valence-corrected chi connectivity index (χ1v) is 6.92. The van der Waals surface area contributed by atoms with Crippen molar-refractivity contribution in [3.05, 3.63) is 27.2 Å². The van der Waals surface area contributed by atoms with Gasteiger partial charge in [0.25, 0.3) is 0 Å². The molecule has 0 unspecified atom stereocenters. The minimum atomic E-state index is -0.608. The van der Waals surface area contributed by atoms with Crippen LogP contribution in [0.1, 0.15) is 18.4 Å². The molecule has 0 bridgehead atoms. The predicted molar refractivity (Wildman–Crippen MR) is 73.5 cm³/mol. The summed E-state index contributed by atoms with van der Waals surface area (Å²) in [6, 6.07) is 3.46. The maximum absolute atomic E-state index is 11.9. The fourth-order valence-electron chi connectivity index (χ4n) is 1.91. The molecular formula is C13H12BrClO4. The van der Waals surface area contributed by atoms with Crippen molar-refractivity contribution in [2.24, 2.45) is 0 Å². The van der Waals surface area contributed by atoms with E-state index >= 15 is 0 Å². The van der Waals surface area contributed by atoms with E-state index in [0.29, 0.717) is 17.2 Å². The molecular weight excluding hydrogens is 335 g/mol. The molecule has 0 fully saturated rings. The number of esters is 1. The molecule has 6 heteroatoms. The maximum atomic E-state index is 11.9. The Morgan fingerprint density at radius 3 is 3.00 bits per heavy atom. The van der Waals surface area contributed by atoms with Crippen LogP contribution >= 0.6 is 27.5 Å². The van der Waals surface area contributed by atoms with E-state index in [0.717, 1.165) is 10.0 Å². The Bertz CT molecular complexity index is 530. The highest BCUT2D eigenvalue weighted by Crippen LogP contribution is 2.35. The van der Waals surface area contributed by atoms with Crippen molar-refractivity contribution in [1.82, 2.24) is 0 Å². The van der Waals surface area contributed by atoms with Gasteiger partial charge in [-0.05, 0) is 22.0 Å². The molecule has 1 heterocycles. The molecule has 0 spiro atoms. The van der Waals surface area contributed by atoms with Gasteiger partial charge in [-0.1, -0.05) is 11.6 Å².